The van der Waals surface area contributed by atoms with Gasteiger partial charge < -0.3 is 15.4 Å². The SMILES string of the molecule is C[C@@H]1CC(C)(C)C[C@]2(C1)NC(=O)N(CC(=O)OCC(=O)Nc1ccccc1)C2=O. The summed E-state index contributed by atoms with van der Waals surface area (Å²) in [6, 6.07) is 8.17. The van der Waals surface area contributed by atoms with E-state index >= 15 is 0 Å². The topological polar surface area (TPSA) is 105 Å². The molecule has 2 atom stereocenters. The maximum Gasteiger partial charge on any atom is 0.326 e. The maximum absolute atomic E-state index is 13.0. The van der Waals surface area contributed by atoms with E-state index in [0.29, 0.717) is 18.5 Å². The number of anilines is 1. The minimum Gasteiger partial charge on any atom is -0.454 e. The number of carbonyl (C=O) groups excluding carboxylic acids is 4. The molecular weight excluding hydrogens is 374 g/mol. The average Bonchev–Trinajstić information content (AvgIpc) is 2.82. The Kier molecular flexibility index (Phi) is 5.64. The summed E-state index contributed by atoms with van der Waals surface area (Å²) in [6.45, 7) is 5.20. The van der Waals surface area contributed by atoms with Crippen LogP contribution in [0.1, 0.15) is 40.0 Å². The van der Waals surface area contributed by atoms with E-state index in [1.807, 2.05) is 6.07 Å². The molecule has 29 heavy (non-hydrogen) atoms. The van der Waals surface area contributed by atoms with E-state index in [9.17, 15) is 19.2 Å². The van der Waals surface area contributed by atoms with Gasteiger partial charge in [0.15, 0.2) is 6.61 Å². The van der Waals surface area contributed by atoms with Crippen molar-refractivity contribution in [3.63, 3.8) is 0 Å². The molecule has 3 rings (SSSR count). The smallest absolute Gasteiger partial charge is 0.326 e. The van der Waals surface area contributed by atoms with Crippen LogP contribution in [0.15, 0.2) is 30.3 Å². The molecule has 1 aliphatic carbocycles. The van der Waals surface area contributed by atoms with Gasteiger partial charge in [-0.25, -0.2) is 4.79 Å². The summed E-state index contributed by atoms with van der Waals surface area (Å²) < 4.78 is 4.95. The summed E-state index contributed by atoms with van der Waals surface area (Å²) in [5.74, 6) is -1.43. The fraction of sp³-hybridized carbons (Fsp3) is 0.524. The molecule has 1 aromatic rings. The third-order valence-electron chi connectivity index (χ3n) is 5.33. The molecule has 1 saturated carbocycles. The summed E-state index contributed by atoms with van der Waals surface area (Å²) in [5.41, 5.74) is -0.478. The van der Waals surface area contributed by atoms with Crippen molar-refractivity contribution in [1.29, 1.82) is 0 Å². The van der Waals surface area contributed by atoms with Gasteiger partial charge in [0, 0.05) is 5.69 Å². The Labute approximate surface area is 170 Å². The molecule has 1 spiro atoms. The highest BCUT2D eigenvalue weighted by molar-refractivity contribution is 6.09. The van der Waals surface area contributed by atoms with E-state index in [4.69, 9.17) is 4.74 Å². The first-order chi connectivity index (χ1) is 13.6. The number of imide groups is 1. The van der Waals surface area contributed by atoms with Crippen LogP contribution < -0.4 is 10.6 Å². The molecule has 1 heterocycles. The Balaban J connectivity index is 1.56. The number of esters is 1. The van der Waals surface area contributed by atoms with Crippen LogP contribution in [0.3, 0.4) is 0 Å². The lowest BCUT2D eigenvalue weighted by Crippen LogP contribution is -2.54. The lowest BCUT2D eigenvalue weighted by Gasteiger charge is -2.43. The molecule has 2 N–H and O–H groups in total. The van der Waals surface area contributed by atoms with Crippen LogP contribution in [-0.4, -0.2) is 47.4 Å². The van der Waals surface area contributed by atoms with Gasteiger partial charge in [-0.3, -0.25) is 19.3 Å². The summed E-state index contributed by atoms with van der Waals surface area (Å²) >= 11 is 0. The Hall–Kier alpha value is -2.90. The van der Waals surface area contributed by atoms with Gasteiger partial charge in [-0.05, 0) is 42.7 Å². The zero-order valence-corrected chi connectivity index (χ0v) is 17.0. The van der Waals surface area contributed by atoms with Crippen molar-refractivity contribution in [3.05, 3.63) is 30.3 Å². The normalized spacial score (nSPS) is 25.6. The molecule has 1 aliphatic heterocycles. The van der Waals surface area contributed by atoms with Crippen LogP contribution in [0.4, 0.5) is 10.5 Å². The van der Waals surface area contributed by atoms with Crippen molar-refractivity contribution < 1.29 is 23.9 Å². The van der Waals surface area contributed by atoms with E-state index in [0.717, 1.165) is 11.3 Å². The van der Waals surface area contributed by atoms with E-state index in [2.05, 4.69) is 31.4 Å². The summed E-state index contributed by atoms with van der Waals surface area (Å²) in [4.78, 5) is 50.3. The van der Waals surface area contributed by atoms with E-state index in [1.165, 1.54) is 0 Å². The molecular formula is C21H27N3O5. The number of nitrogens with zero attached hydrogens (tertiary/aromatic N) is 1. The van der Waals surface area contributed by atoms with Gasteiger partial charge in [-0.1, -0.05) is 39.0 Å². The van der Waals surface area contributed by atoms with Gasteiger partial charge in [0.2, 0.25) is 0 Å². The predicted molar refractivity (Wildman–Crippen MR) is 106 cm³/mol. The van der Waals surface area contributed by atoms with Gasteiger partial charge in [0.1, 0.15) is 12.1 Å². The third-order valence-corrected chi connectivity index (χ3v) is 5.33. The Morgan fingerprint density at radius 1 is 1.21 bits per heavy atom. The van der Waals surface area contributed by atoms with Crippen LogP contribution in [-0.2, 0) is 19.1 Å². The third kappa shape index (κ3) is 4.75. The highest BCUT2D eigenvalue weighted by atomic mass is 16.5. The van der Waals surface area contributed by atoms with Gasteiger partial charge in [0.05, 0.1) is 0 Å². The predicted octanol–water partition coefficient (Wildman–Crippen LogP) is 2.31. The molecule has 156 valence electrons. The number of hydrogen-bond acceptors (Lipinski definition) is 5. The number of carbonyl (C=O) groups is 4. The Morgan fingerprint density at radius 3 is 2.55 bits per heavy atom. The lowest BCUT2D eigenvalue weighted by molar-refractivity contribution is -0.150. The number of rotatable bonds is 5. The van der Waals surface area contributed by atoms with Crippen LogP contribution in [0.5, 0.6) is 0 Å². The van der Waals surface area contributed by atoms with Crippen molar-refractivity contribution >= 4 is 29.5 Å². The first kappa shape index (κ1) is 20.8. The monoisotopic (exact) mass is 401 g/mol. The van der Waals surface area contributed by atoms with Crippen molar-refractivity contribution in [1.82, 2.24) is 10.2 Å². The molecule has 1 saturated heterocycles. The molecule has 0 bridgehead atoms. The molecule has 0 aromatic heterocycles. The molecule has 8 nitrogen and oxygen atoms in total. The maximum atomic E-state index is 13.0. The number of urea groups is 1. The lowest BCUT2D eigenvalue weighted by atomic mass is 9.64. The molecule has 0 radical (unpaired) electrons. The second-order valence-corrected chi connectivity index (χ2v) is 8.83. The summed E-state index contributed by atoms with van der Waals surface area (Å²) in [7, 11) is 0. The summed E-state index contributed by atoms with van der Waals surface area (Å²) in [5, 5.41) is 5.40. The molecule has 2 aliphatic rings. The zero-order chi connectivity index (χ0) is 21.2. The van der Waals surface area contributed by atoms with Crippen LogP contribution in [0.25, 0.3) is 0 Å². The fourth-order valence-corrected chi connectivity index (χ4v) is 4.69. The minimum atomic E-state index is -0.969. The van der Waals surface area contributed by atoms with Crippen molar-refractivity contribution in [3.8, 4) is 0 Å². The molecule has 2 fully saturated rings. The number of para-hydroxylation sites is 1. The van der Waals surface area contributed by atoms with Crippen LogP contribution in [0.2, 0.25) is 0 Å². The second-order valence-electron chi connectivity index (χ2n) is 8.83. The van der Waals surface area contributed by atoms with E-state index in [-0.39, 0.29) is 11.3 Å². The van der Waals surface area contributed by atoms with E-state index < -0.39 is 42.5 Å². The van der Waals surface area contributed by atoms with E-state index in [1.54, 1.807) is 24.3 Å². The van der Waals surface area contributed by atoms with Gasteiger partial charge in [-0.2, -0.15) is 0 Å². The van der Waals surface area contributed by atoms with Gasteiger partial charge in [-0.15, -0.1) is 0 Å². The largest absolute Gasteiger partial charge is 0.454 e. The second kappa shape index (κ2) is 7.85. The Bertz CT molecular complexity index is 823. The first-order valence-corrected chi connectivity index (χ1v) is 9.75. The standard InChI is InChI=1S/C21H27N3O5/c1-14-9-20(2,3)13-21(10-14)18(27)24(19(28)23-21)11-17(26)29-12-16(25)22-15-7-5-4-6-8-15/h4-8,14H,9-13H2,1-3H3,(H,22,25)(H,23,28)/t14-,21+/m1/s1. The zero-order valence-electron chi connectivity index (χ0n) is 17.0. The fourth-order valence-electron chi connectivity index (χ4n) is 4.69. The van der Waals surface area contributed by atoms with Crippen molar-refractivity contribution in [2.75, 3.05) is 18.5 Å². The van der Waals surface area contributed by atoms with Crippen LogP contribution in [0, 0.1) is 11.3 Å². The van der Waals surface area contributed by atoms with Gasteiger partial charge >= 0.3 is 12.0 Å². The molecule has 1 aromatic carbocycles. The van der Waals surface area contributed by atoms with Crippen LogP contribution >= 0.6 is 0 Å². The Morgan fingerprint density at radius 2 is 1.90 bits per heavy atom. The minimum absolute atomic E-state index is 0.0906. The average molecular weight is 401 g/mol. The number of amides is 4. The first-order valence-electron chi connectivity index (χ1n) is 9.75. The van der Waals surface area contributed by atoms with Gasteiger partial charge in [0.25, 0.3) is 11.8 Å². The number of ether oxygens (including phenoxy) is 1. The highest BCUT2D eigenvalue weighted by Gasteiger charge is 2.56. The number of hydrogen-bond donors (Lipinski definition) is 2. The number of benzene rings is 1. The quantitative estimate of drug-likeness (QED) is 0.582. The number of nitrogens with one attached hydrogen (secondary N) is 2. The highest BCUT2D eigenvalue weighted by Crippen LogP contribution is 2.46. The molecule has 4 amide bonds. The molecule has 8 heteroatoms. The van der Waals surface area contributed by atoms with Crippen molar-refractivity contribution in [2.45, 2.75) is 45.6 Å². The summed E-state index contributed by atoms with van der Waals surface area (Å²) in [6.07, 6.45) is 2.04. The molecule has 0 unspecified atom stereocenters. The van der Waals surface area contributed by atoms with Crippen molar-refractivity contribution in [2.24, 2.45) is 11.3 Å².